The molecule has 0 unspecified atom stereocenters. The van der Waals surface area contributed by atoms with E-state index in [2.05, 4.69) is 10.6 Å². The van der Waals surface area contributed by atoms with Crippen LogP contribution in [0.1, 0.15) is 19.3 Å². The summed E-state index contributed by atoms with van der Waals surface area (Å²) in [6, 6.07) is 3.63. The molecule has 2 amide bonds. The molecule has 1 aliphatic carbocycles. The van der Waals surface area contributed by atoms with Gasteiger partial charge in [-0.1, -0.05) is 11.6 Å². The zero-order valence-corrected chi connectivity index (χ0v) is 11.3. The van der Waals surface area contributed by atoms with Crippen molar-refractivity contribution in [1.29, 1.82) is 0 Å². The molecule has 2 rings (SSSR count). The van der Waals surface area contributed by atoms with Crippen LogP contribution in [-0.2, 0) is 9.59 Å². The van der Waals surface area contributed by atoms with Crippen molar-refractivity contribution in [3.8, 4) is 0 Å². The highest BCUT2D eigenvalue weighted by Crippen LogP contribution is 2.30. The number of halogens is 2. The lowest BCUT2D eigenvalue weighted by atomic mass is 9.80. The molecule has 1 aliphatic rings. The first kappa shape index (κ1) is 14.7. The van der Waals surface area contributed by atoms with Crippen LogP contribution in [0.2, 0.25) is 5.02 Å². The van der Waals surface area contributed by atoms with Crippen LogP contribution in [0.5, 0.6) is 0 Å². The zero-order valence-electron chi connectivity index (χ0n) is 10.6. The third kappa shape index (κ3) is 3.46. The van der Waals surface area contributed by atoms with Crippen molar-refractivity contribution in [2.24, 2.45) is 0 Å². The monoisotopic (exact) mass is 300 g/mol. The van der Waals surface area contributed by atoms with Gasteiger partial charge in [-0.15, -0.1) is 0 Å². The van der Waals surface area contributed by atoms with Gasteiger partial charge in [-0.2, -0.15) is 0 Å². The van der Waals surface area contributed by atoms with Crippen molar-refractivity contribution in [2.75, 3.05) is 11.9 Å². The van der Waals surface area contributed by atoms with E-state index >= 15 is 0 Å². The van der Waals surface area contributed by atoms with Gasteiger partial charge >= 0.3 is 11.8 Å². The maximum atomic E-state index is 13.4. The number of anilines is 1. The summed E-state index contributed by atoms with van der Waals surface area (Å²) in [5, 5.41) is 14.5. The molecule has 0 bridgehead atoms. The summed E-state index contributed by atoms with van der Waals surface area (Å²) >= 11 is 5.68. The Balaban J connectivity index is 1.90. The maximum Gasteiger partial charge on any atom is 0.313 e. The van der Waals surface area contributed by atoms with Crippen LogP contribution < -0.4 is 10.6 Å². The molecule has 0 aromatic heterocycles. The molecular formula is C13H14ClFN2O3. The molecule has 5 nitrogen and oxygen atoms in total. The molecule has 20 heavy (non-hydrogen) atoms. The van der Waals surface area contributed by atoms with Crippen LogP contribution in [0.3, 0.4) is 0 Å². The highest BCUT2D eigenvalue weighted by atomic mass is 35.5. The molecule has 0 spiro atoms. The molecule has 1 aromatic rings. The largest absolute Gasteiger partial charge is 0.388 e. The SMILES string of the molecule is O=C(NCC1(O)CCC1)C(=O)Nc1cc(Cl)ccc1F. The Labute approximate surface area is 120 Å². The Bertz CT molecular complexity index is 546. The molecule has 1 aromatic carbocycles. The fourth-order valence-corrected chi connectivity index (χ4v) is 2.03. The molecule has 3 N–H and O–H groups in total. The van der Waals surface area contributed by atoms with Gasteiger partial charge in [-0.05, 0) is 37.5 Å². The van der Waals surface area contributed by atoms with Gasteiger partial charge in [-0.25, -0.2) is 4.39 Å². The number of nitrogens with one attached hydrogen (secondary N) is 2. The zero-order chi connectivity index (χ0) is 14.8. The average molecular weight is 301 g/mol. The standard InChI is InChI=1S/C13H14ClFN2O3/c14-8-2-3-9(15)10(6-8)17-12(19)11(18)16-7-13(20)4-1-5-13/h2-3,6,20H,1,4-5,7H2,(H,16,18)(H,17,19). The van der Waals surface area contributed by atoms with E-state index in [1.54, 1.807) is 0 Å². The average Bonchev–Trinajstić information content (AvgIpc) is 2.38. The van der Waals surface area contributed by atoms with Gasteiger partial charge in [0.1, 0.15) is 5.82 Å². The van der Waals surface area contributed by atoms with Crippen molar-refractivity contribution in [3.05, 3.63) is 29.0 Å². The van der Waals surface area contributed by atoms with Gasteiger partial charge in [0.05, 0.1) is 11.3 Å². The first-order valence-electron chi connectivity index (χ1n) is 6.16. The summed E-state index contributed by atoms with van der Waals surface area (Å²) in [7, 11) is 0. The second-order valence-electron chi connectivity index (χ2n) is 4.84. The predicted octanol–water partition coefficient (Wildman–Crippen LogP) is 1.45. The second kappa shape index (κ2) is 5.76. The van der Waals surface area contributed by atoms with Crippen molar-refractivity contribution < 1.29 is 19.1 Å². The van der Waals surface area contributed by atoms with E-state index in [1.807, 2.05) is 0 Å². The number of rotatable bonds is 3. The summed E-state index contributed by atoms with van der Waals surface area (Å²) < 4.78 is 13.4. The Morgan fingerprint density at radius 3 is 2.65 bits per heavy atom. The summed E-state index contributed by atoms with van der Waals surface area (Å²) in [5.41, 5.74) is -1.09. The predicted molar refractivity (Wildman–Crippen MR) is 71.9 cm³/mol. The van der Waals surface area contributed by atoms with E-state index in [1.165, 1.54) is 12.1 Å². The number of hydrogen-bond donors (Lipinski definition) is 3. The lowest BCUT2D eigenvalue weighted by Gasteiger charge is -2.36. The van der Waals surface area contributed by atoms with Crippen LogP contribution in [0.4, 0.5) is 10.1 Å². The number of carbonyl (C=O) groups excluding carboxylic acids is 2. The van der Waals surface area contributed by atoms with E-state index in [-0.39, 0.29) is 17.3 Å². The minimum Gasteiger partial charge on any atom is -0.388 e. The topological polar surface area (TPSA) is 78.4 Å². The van der Waals surface area contributed by atoms with Crippen LogP contribution in [0.25, 0.3) is 0 Å². The van der Waals surface area contributed by atoms with Crippen molar-refractivity contribution in [1.82, 2.24) is 5.32 Å². The van der Waals surface area contributed by atoms with E-state index in [0.29, 0.717) is 12.8 Å². The summed E-state index contributed by atoms with van der Waals surface area (Å²) in [5.74, 6) is -2.62. The number of carbonyl (C=O) groups is 2. The van der Waals surface area contributed by atoms with Crippen molar-refractivity contribution >= 4 is 29.1 Å². The lowest BCUT2D eigenvalue weighted by Crippen LogP contribution is -2.49. The normalized spacial score (nSPS) is 16.1. The van der Waals surface area contributed by atoms with Crippen LogP contribution in [0.15, 0.2) is 18.2 Å². The first-order chi connectivity index (χ1) is 9.39. The van der Waals surface area contributed by atoms with Gasteiger partial charge in [0, 0.05) is 11.6 Å². The van der Waals surface area contributed by atoms with E-state index in [9.17, 15) is 19.1 Å². The Morgan fingerprint density at radius 1 is 1.35 bits per heavy atom. The molecular weight excluding hydrogens is 287 g/mol. The van der Waals surface area contributed by atoms with Gasteiger partial charge in [0.25, 0.3) is 0 Å². The van der Waals surface area contributed by atoms with Gasteiger partial charge in [0.15, 0.2) is 0 Å². The fraction of sp³-hybridized carbons (Fsp3) is 0.385. The molecule has 0 aliphatic heterocycles. The Morgan fingerprint density at radius 2 is 2.05 bits per heavy atom. The molecule has 1 fully saturated rings. The minimum absolute atomic E-state index is 0.0112. The third-order valence-corrected chi connectivity index (χ3v) is 3.48. The minimum atomic E-state index is -1.01. The third-order valence-electron chi connectivity index (χ3n) is 3.25. The second-order valence-corrected chi connectivity index (χ2v) is 5.28. The lowest BCUT2D eigenvalue weighted by molar-refractivity contribution is -0.137. The molecule has 0 saturated heterocycles. The van der Waals surface area contributed by atoms with Gasteiger partial charge < -0.3 is 15.7 Å². The van der Waals surface area contributed by atoms with E-state index in [4.69, 9.17) is 11.6 Å². The van der Waals surface area contributed by atoms with Crippen molar-refractivity contribution in [2.45, 2.75) is 24.9 Å². The van der Waals surface area contributed by atoms with Crippen molar-refractivity contribution in [3.63, 3.8) is 0 Å². The molecule has 0 radical (unpaired) electrons. The molecule has 108 valence electrons. The maximum absolute atomic E-state index is 13.4. The van der Waals surface area contributed by atoms with Crippen LogP contribution in [0, 0.1) is 5.82 Å². The highest BCUT2D eigenvalue weighted by Gasteiger charge is 2.35. The number of amides is 2. The summed E-state index contributed by atoms with van der Waals surface area (Å²) in [4.78, 5) is 23.1. The summed E-state index contributed by atoms with van der Waals surface area (Å²) in [6.07, 6.45) is 2.09. The first-order valence-corrected chi connectivity index (χ1v) is 6.54. The molecule has 7 heteroatoms. The van der Waals surface area contributed by atoms with E-state index < -0.39 is 23.2 Å². The number of benzene rings is 1. The van der Waals surface area contributed by atoms with Gasteiger partial charge in [-0.3, -0.25) is 9.59 Å². The molecule has 0 heterocycles. The number of hydrogen-bond acceptors (Lipinski definition) is 3. The summed E-state index contributed by atoms with van der Waals surface area (Å²) in [6.45, 7) is 0.0112. The Kier molecular flexibility index (Phi) is 4.25. The Hall–Kier alpha value is -1.66. The molecule has 1 saturated carbocycles. The molecule has 0 atom stereocenters. The number of aliphatic hydroxyl groups is 1. The van der Waals surface area contributed by atoms with Crippen LogP contribution in [-0.4, -0.2) is 29.1 Å². The van der Waals surface area contributed by atoms with Gasteiger partial charge in [0.2, 0.25) is 0 Å². The quantitative estimate of drug-likeness (QED) is 0.739. The van der Waals surface area contributed by atoms with E-state index in [0.717, 1.165) is 12.5 Å². The highest BCUT2D eigenvalue weighted by molar-refractivity contribution is 6.39. The fourth-order valence-electron chi connectivity index (χ4n) is 1.86. The smallest absolute Gasteiger partial charge is 0.313 e. The van der Waals surface area contributed by atoms with Crippen LogP contribution >= 0.6 is 11.6 Å².